The predicted molar refractivity (Wildman–Crippen MR) is 138 cm³/mol. The molecule has 1 heterocycles. The van der Waals surface area contributed by atoms with Crippen molar-refractivity contribution < 1.29 is 9.47 Å². The molecule has 0 atom stereocenters. The van der Waals surface area contributed by atoms with E-state index in [1.807, 2.05) is 72.8 Å². The summed E-state index contributed by atoms with van der Waals surface area (Å²) in [4.78, 5) is 5.73. The van der Waals surface area contributed by atoms with Crippen LogP contribution in [-0.2, 0) is 13.0 Å². The fraction of sp³-hybridized carbons (Fsp3) is 0.133. The average molecular weight is 449 g/mol. The first-order valence-electron chi connectivity index (χ1n) is 11.6. The lowest BCUT2D eigenvalue weighted by atomic mass is 10.1. The zero-order chi connectivity index (χ0) is 23.2. The maximum absolute atomic E-state index is 6.03. The van der Waals surface area contributed by atoms with Gasteiger partial charge in [-0.25, -0.2) is 0 Å². The predicted octanol–water partition coefficient (Wildman–Crippen LogP) is 7.43. The van der Waals surface area contributed by atoms with Crippen LogP contribution in [-0.4, -0.2) is 23.5 Å². The van der Waals surface area contributed by atoms with Crippen molar-refractivity contribution in [1.29, 1.82) is 0 Å². The molecule has 0 aliphatic carbocycles. The fourth-order valence-corrected chi connectivity index (χ4v) is 4.09. The second kappa shape index (κ2) is 10.3. The molecular weight excluding hydrogens is 420 g/mol. The molecule has 5 rings (SSSR count). The van der Waals surface area contributed by atoms with Crippen LogP contribution < -0.4 is 9.47 Å². The monoisotopic (exact) mass is 448 g/mol. The fourth-order valence-electron chi connectivity index (χ4n) is 4.09. The minimum Gasteiger partial charge on any atom is -0.457 e. The number of hydrogen-bond donors (Lipinski definition) is 1. The Labute approximate surface area is 200 Å². The number of H-pyrrole nitrogens is 1. The highest BCUT2D eigenvalue weighted by Crippen LogP contribution is 2.28. The summed E-state index contributed by atoms with van der Waals surface area (Å²) >= 11 is 0. The number of aromatic amines is 1. The van der Waals surface area contributed by atoms with Gasteiger partial charge in [0, 0.05) is 30.2 Å². The third kappa shape index (κ3) is 5.48. The van der Waals surface area contributed by atoms with Crippen molar-refractivity contribution in [1.82, 2.24) is 9.88 Å². The Bertz CT molecular complexity index is 1350. The van der Waals surface area contributed by atoms with Crippen molar-refractivity contribution in [2.75, 3.05) is 13.6 Å². The number of rotatable bonds is 9. The summed E-state index contributed by atoms with van der Waals surface area (Å²) in [5.74, 6) is 3.41. The van der Waals surface area contributed by atoms with Gasteiger partial charge in [0.1, 0.15) is 23.0 Å². The van der Waals surface area contributed by atoms with E-state index in [9.17, 15) is 0 Å². The van der Waals surface area contributed by atoms with Gasteiger partial charge in [-0.15, -0.1) is 0 Å². The molecule has 4 heteroatoms. The summed E-state index contributed by atoms with van der Waals surface area (Å²) in [5.41, 5.74) is 3.65. The van der Waals surface area contributed by atoms with Crippen LogP contribution in [0.2, 0.25) is 0 Å². The highest BCUT2D eigenvalue weighted by Gasteiger charge is 2.09. The Morgan fingerprint density at radius 1 is 0.676 bits per heavy atom. The Morgan fingerprint density at radius 3 is 2.03 bits per heavy atom. The molecule has 0 fully saturated rings. The van der Waals surface area contributed by atoms with Gasteiger partial charge in [-0.1, -0.05) is 48.5 Å². The van der Waals surface area contributed by atoms with Gasteiger partial charge in [0.25, 0.3) is 0 Å². The summed E-state index contributed by atoms with van der Waals surface area (Å²) in [6.07, 6.45) is 3.06. The third-order valence-electron chi connectivity index (χ3n) is 5.81. The number of para-hydroxylation sites is 2. The van der Waals surface area contributed by atoms with Gasteiger partial charge in [0.2, 0.25) is 0 Å². The summed E-state index contributed by atoms with van der Waals surface area (Å²) in [6.45, 7) is 1.80. The standard InChI is InChI=1S/C30H28N2O2/c1-32(22-23-9-8-14-27(19-23)33-25-10-4-2-5-11-25)18-17-24-21-31-30-16-15-28(20-29(24)30)34-26-12-6-3-7-13-26/h2-16,19-21,31H,17-18,22H2,1H3. The van der Waals surface area contributed by atoms with Gasteiger partial charge in [0.05, 0.1) is 0 Å². The maximum atomic E-state index is 6.03. The Balaban J connectivity index is 1.21. The first kappa shape index (κ1) is 21.8. The molecule has 0 amide bonds. The highest BCUT2D eigenvalue weighted by atomic mass is 16.5. The minimum absolute atomic E-state index is 0.845. The average Bonchev–Trinajstić information content (AvgIpc) is 3.26. The molecule has 1 aromatic heterocycles. The molecule has 0 bridgehead atoms. The SMILES string of the molecule is CN(CCc1c[nH]c2ccc(Oc3ccccc3)cc12)Cc1cccc(Oc2ccccc2)c1. The summed E-state index contributed by atoms with van der Waals surface area (Å²) in [7, 11) is 2.16. The molecule has 0 aliphatic heterocycles. The topological polar surface area (TPSA) is 37.5 Å². The van der Waals surface area contributed by atoms with Crippen molar-refractivity contribution in [2.45, 2.75) is 13.0 Å². The van der Waals surface area contributed by atoms with Gasteiger partial charge in [-0.05, 0) is 79.2 Å². The number of nitrogens with one attached hydrogen (secondary N) is 1. The number of likely N-dealkylation sites (N-methyl/N-ethyl adjacent to an activating group) is 1. The molecule has 0 aliphatic rings. The first-order valence-corrected chi connectivity index (χ1v) is 11.6. The van der Waals surface area contributed by atoms with Gasteiger partial charge in [-0.2, -0.15) is 0 Å². The van der Waals surface area contributed by atoms with Crippen LogP contribution in [0.3, 0.4) is 0 Å². The van der Waals surface area contributed by atoms with Crippen LogP contribution in [0.5, 0.6) is 23.0 Å². The van der Waals surface area contributed by atoms with Crippen LogP contribution in [0.4, 0.5) is 0 Å². The molecular formula is C30H28N2O2. The van der Waals surface area contributed by atoms with Gasteiger partial charge < -0.3 is 19.4 Å². The zero-order valence-electron chi connectivity index (χ0n) is 19.3. The number of benzene rings is 4. The minimum atomic E-state index is 0.845. The molecule has 0 saturated carbocycles. The Hall–Kier alpha value is -4.02. The quantitative estimate of drug-likeness (QED) is 0.255. The molecule has 0 radical (unpaired) electrons. The van der Waals surface area contributed by atoms with E-state index in [2.05, 4.69) is 53.5 Å². The van der Waals surface area contributed by atoms with Crippen LogP contribution in [0.25, 0.3) is 10.9 Å². The van der Waals surface area contributed by atoms with E-state index >= 15 is 0 Å². The first-order chi connectivity index (χ1) is 16.7. The van der Waals surface area contributed by atoms with E-state index in [1.165, 1.54) is 16.5 Å². The zero-order valence-corrected chi connectivity index (χ0v) is 19.3. The molecule has 4 nitrogen and oxygen atoms in total. The third-order valence-corrected chi connectivity index (χ3v) is 5.81. The van der Waals surface area contributed by atoms with Crippen LogP contribution in [0, 0.1) is 0 Å². The largest absolute Gasteiger partial charge is 0.457 e. The van der Waals surface area contributed by atoms with Crippen molar-refractivity contribution in [3.05, 3.63) is 120 Å². The van der Waals surface area contributed by atoms with Crippen molar-refractivity contribution in [3.63, 3.8) is 0 Å². The molecule has 0 spiro atoms. The normalized spacial score (nSPS) is 11.1. The molecule has 0 unspecified atom stereocenters. The Kier molecular flexibility index (Phi) is 6.59. The number of nitrogens with zero attached hydrogens (tertiary/aromatic N) is 1. The summed E-state index contributed by atoms with van der Waals surface area (Å²) in [6, 6.07) is 34.3. The van der Waals surface area contributed by atoms with E-state index < -0.39 is 0 Å². The van der Waals surface area contributed by atoms with Crippen molar-refractivity contribution >= 4 is 10.9 Å². The van der Waals surface area contributed by atoms with Crippen LogP contribution in [0.1, 0.15) is 11.1 Å². The molecule has 5 aromatic rings. The van der Waals surface area contributed by atoms with Crippen molar-refractivity contribution in [3.8, 4) is 23.0 Å². The molecule has 4 aromatic carbocycles. The van der Waals surface area contributed by atoms with Gasteiger partial charge >= 0.3 is 0 Å². The number of ether oxygens (including phenoxy) is 2. The summed E-state index contributed by atoms with van der Waals surface area (Å²) in [5, 5.41) is 1.21. The van der Waals surface area contributed by atoms with Crippen LogP contribution >= 0.6 is 0 Å². The number of aromatic nitrogens is 1. The molecule has 34 heavy (non-hydrogen) atoms. The molecule has 170 valence electrons. The molecule has 0 saturated heterocycles. The van der Waals surface area contributed by atoms with E-state index in [0.29, 0.717) is 0 Å². The van der Waals surface area contributed by atoms with E-state index in [0.717, 1.165) is 48.0 Å². The lowest BCUT2D eigenvalue weighted by Crippen LogP contribution is -2.20. The smallest absolute Gasteiger partial charge is 0.128 e. The lowest BCUT2D eigenvalue weighted by molar-refractivity contribution is 0.331. The van der Waals surface area contributed by atoms with Crippen LogP contribution in [0.15, 0.2) is 109 Å². The van der Waals surface area contributed by atoms with E-state index in [-0.39, 0.29) is 0 Å². The Morgan fingerprint density at radius 2 is 1.32 bits per heavy atom. The van der Waals surface area contributed by atoms with Crippen molar-refractivity contribution in [2.24, 2.45) is 0 Å². The number of hydrogen-bond acceptors (Lipinski definition) is 3. The number of fused-ring (bicyclic) bond motifs is 1. The maximum Gasteiger partial charge on any atom is 0.128 e. The summed E-state index contributed by atoms with van der Waals surface area (Å²) < 4.78 is 12.0. The highest BCUT2D eigenvalue weighted by molar-refractivity contribution is 5.84. The van der Waals surface area contributed by atoms with E-state index in [1.54, 1.807) is 0 Å². The molecule has 1 N–H and O–H groups in total. The van der Waals surface area contributed by atoms with Gasteiger partial charge in [0.15, 0.2) is 0 Å². The van der Waals surface area contributed by atoms with E-state index in [4.69, 9.17) is 9.47 Å². The van der Waals surface area contributed by atoms with Gasteiger partial charge in [-0.3, -0.25) is 0 Å². The second-order valence-electron chi connectivity index (χ2n) is 8.49. The lowest BCUT2D eigenvalue weighted by Gasteiger charge is -2.17. The second-order valence-corrected chi connectivity index (χ2v) is 8.49.